The molecule has 0 fully saturated rings. The maximum Gasteiger partial charge on any atom is 0.306 e. The Labute approximate surface area is 422 Å². The second-order valence-electron chi connectivity index (χ2n) is 19.9. The molecule has 396 valence electrons. The molecule has 0 saturated carbocycles. The lowest BCUT2D eigenvalue weighted by molar-refractivity contribution is -0.166. The molecule has 0 N–H and O–H groups in total. The molecule has 0 bridgehead atoms. The first kappa shape index (κ1) is 65.4. The monoisotopic (exact) mass is 953 g/mol. The van der Waals surface area contributed by atoms with E-state index in [1.54, 1.807) is 0 Å². The molecule has 6 nitrogen and oxygen atoms in total. The Kier molecular flexibility index (Phi) is 54.8. The Hall–Kier alpha value is -2.63. The summed E-state index contributed by atoms with van der Waals surface area (Å²) in [6, 6.07) is 0. The highest BCUT2D eigenvalue weighted by atomic mass is 16.6. The van der Waals surface area contributed by atoms with Gasteiger partial charge in [0.2, 0.25) is 0 Å². The lowest BCUT2D eigenvalue weighted by Crippen LogP contribution is -2.30. The van der Waals surface area contributed by atoms with Gasteiger partial charge in [0.25, 0.3) is 0 Å². The van der Waals surface area contributed by atoms with Gasteiger partial charge in [0.1, 0.15) is 13.2 Å². The van der Waals surface area contributed by atoms with Crippen LogP contribution in [0.4, 0.5) is 0 Å². The molecule has 1 unspecified atom stereocenters. The van der Waals surface area contributed by atoms with Crippen molar-refractivity contribution in [3.05, 3.63) is 48.6 Å². The molecule has 0 radical (unpaired) electrons. The smallest absolute Gasteiger partial charge is 0.306 e. The maximum absolute atomic E-state index is 12.9. The van der Waals surface area contributed by atoms with Gasteiger partial charge in [-0.25, -0.2) is 0 Å². The van der Waals surface area contributed by atoms with E-state index >= 15 is 0 Å². The van der Waals surface area contributed by atoms with Crippen molar-refractivity contribution in [2.45, 2.75) is 316 Å². The van der Waals surface area contributed by atoms with Crippen LogP contribution in [-0.2, 0) is 28.6 Å². The summed E-state index contributed by atoms with van der Waals surface area (Å²) < 4.78 is 16.8. The molecule has 68 heavy (non-hydrogen) atoms. The van der Waals surface area contributed by atoms with Gasteiger partial charge < -0.3 is 14.2 Å². The van der Waals surface area contributed by atoms with Crippen LogP contribution in [0.2, 0.25) is 0 Å². The largest absolute Gasteiger partial charge is 0.462 e. The Morgan fingerprint density at radius 2 is 0.559 bits per heavy atom. The van der Waals surface area contributed by atoms with Crippen LogP contribution >= 0.6 is 0 Å². The summed E-state index contributed by atoms with van der Waals surface area (Å²) in [6.07, 6.45) is 69.8. The summed E-state index contributed by atoms with van der Waals surface area (Å²) in [6.45, 7) is 6.60. The molecular weight excluding hydrogens is 841 g/mol. The van der Waals surface area contributed by atoms with Gasteiger partial charge >= 0.3 is 17.9 Å². The SMILES string of the molecule is CCCCCCCC/C=C/C/C=C/CCC(=O)OCC(COC(=O)CCCCCCCCC/C=C/CCCCCCCCCC)OC(=O)CCCCCCC/C=C/CCCCCCCCCCC. The number of esters is 3. The molecule has 0 aromatic heterocycles. The van der Waals surface area contributed by atoms with Gasteiger partial charge in [-0.15, -0.1) is 0 Å². The second-order valence-corrected chi connectivity index (χ2v) is 19.9. The standard InChI is InChI=1S/C62H112O6/c1-4-7-10-13-16-19-22-25-27-29-31-33-34-37-40-43-46-49-52-55-61(64)67-58-59(57-66-60(63)54-51-48-45-42-39-36-24-21-18-15-12-9-6-3)68-62(65)56-53-50-47-44-41-38-35-32-30-28-26-23-20-17-14-11-8-5-2/h29,31-32,35-36,39,45,48,59H,4-28,30,33-34,37-38,40-44,46-47,49-58H2,1-3H3/b31-29+,35-32+,39-36+,48-45+. The van der Waals surface area contributed by atoms with Crippen molar-refractivity contribution in [3.8, 4) is 0 Å². The number of rotatable bonds is 54. The minimum Gasteiger partial charge on any atom is -0.462 e. The van der Waals surface area contributed by atoms with E-state index in [0.29, 0.717) is 19.3 Å². The lowest BCUT2D eigenvalue weighted by Gasteiger charge is -2.18. The molecule has 1 atom stereocenters. The molecule has 6 heteroatoms. The Bertz CT molecular complexity index is 1190. The molecular formula is C62H112O6. The zero-order valence-electron chi connectivity index (χ0n) is 45.4. The highest BCUT2D eigenvalue weighted by Crippen LogP contribution is 2.15. The van der Waals surface area contributed by atoms with Crippen LogP contribution < -0.4 is 0 Å². The lowest BCUT2D eigenvalue weighted by atomic mass is 10.1. The van der Waals surface area contributed by atoms with Crippen LogP contribution in [0.1, 0.15) is 310 Å². The molecule has 0 aromatic carbocycles. The molecule has 0 heterocycles. The zero-order chi connectivity index (χ0) is 49.3. The third-order valence-electron chi connectivity index (χ3n) is 13.0. The first-order chi connectivity index (χ1) is 33.5. The highest BCUT2D eigenvalue weighted by Gasteiger charge is 2.19. The summed E-state index contributed by atoms with van der Waals surface area (Å²) in [5.74, 6) is -0.964. The predicted octanol–water partition coefficient (Wildman–Crippen LogP) is 19.8. The zero-order valence-corrected chi connectivity index (χ0v) is 45.4. The fourth-order valence-corrected chi connectivity index (χ4v) is 8.55. The predicted molar refractivity (Wildman–Crippen MR) is 293 cm³/mol. The molecule has 0 aliphatic carbocycles. The van der Waals surface area contributed by atoms with Gasteiger partial charge in [-0.05, 0) is 89.9 Å². The van der Waals surface area contributed by atoms with Gasteiger partial charge in [0, 0.05) is 19.3 Å². The Morgan fingerprint density at radius 3 is 0.912 bits per heavy atom. The van der Waals surface area contributed by atoms with E-state index in [4.69, 9.17) is 14.2 Å². The van der Waals surface area contributed by atoms with Crippen LogP contribution in [-0.4, -0.2) is 37.2 Å². The van der Waals surface area contributed by atoms with E-state index in [1.807, 2.05) is 6.08 Å². The van der Waals surface area contributed by atoms with Crippen molar-refractivity contribution in [3.63, 3.8) is 0 Å². The van der Waals surface area contributed by atoms with Gasteiger partial charge in [-0.1, -0.05) is 249 Å². The van der Waals surface area contributed by atoms with Gasteiger partial charge in [-0.2, -0.15) is 0 Å². The van der Waals surface area contributed by atoms with Gasteiger partial charge in [-0.3, -0.25) is 14.4 Å². The number of hydrogen-bond donors (Lipinski definition) is 0. The van der Waals surface area contributed by atoms with Crippen molar-refractivity contribution in [1.29, 1.82) is 0 Å². The van der Waals surface area contributed by atoms with Crippen molar-refractivity contribution in [1.82, 2.24) is 0 Å². The topological polar surface area (TPSA) is 78.9 Å². The Morgan fingerprint density at radius 1 is 0.294 bits per heavy atom. The van der Waals surface area contributed by atoms with Crippen molar-refractivity contribution < 1.29 is 28.6 Å². The van der Waals surface area contributed by atoms with Crippen LogP contribution in [0.25, 0.3) is 0 Å². The van der Waals surface area contributed by atoms with Crippen LogP contribution in [0, 0.1) is 0 Å². The summed E-state index contributed by atoms with van der Waals surface area (Å²) >= 11 is 0. The van der Waals surface area contributed by atoms with E-state index in [-0.39, 0.29) is 37.5 Å². The maximum atomic E-state index is 12.9. The van der Waals surface area contributed by atoms with E-state index < -0.39 is 6.10 Å². The quantitative estimate of drug-likeness (QED) is 0.0262. The average molecular weight is 954 g/mol. The fraction of sp³-hybridized carbons (Fsp3) is 0.823. The third kappa shape index (κ3) is 54.3. The van der Waals surface area contributed by atoms with Crippen molar-refractivity contribution in [2.24, 2.45) is 0 Å². The van der Waals surface area contributed by atoms with Gasteiger partial charge in [0.15, 0.2) is 6.10 Å². The van der Waals surface area contributed by atoms with Crippen molar-refractivity contribution in [2.75, 3.05) is 13.2 Å². The number of carbonyl (C=O) groups is 3. The molecule has 0 spiro atoms. The molecule has 0 aliphatic rings. The van der Waals surface area contributed by atoms with E-state index in [9.17, 15) is 14.4 Å². The summed E-state index contributed by atoms with van der Waals surface area (Å²) in [5.41, 5.74) is 0. The van der Waals surface area contributed by atoms with Crippen molar-refractivity contribution >= 4 is 17.9 Å². The molecule has 0 aromatic rings. The molecule has 0 saturated heterocycles. The fourth-order valence-electron chi connectivity index (χ4n) is 8.55. The highest BCUT2D eigenvalue weighted by molar-refractivity contribution is 5.71. The first-order valence-electron chi connectivity index (χ1n) is 29.6. The van der Waals surface area contributed by atoms with E-state index in [2.05, 4.69) is 63.3 Å². The first-order valence-corrected chi connectivity index (χ1v) is 29.6. The summed E-state index contributed by atoms with van der Waals surface area (Å²) in [4.78, 5) is 38.1. The normalized spacial score (nSPS) is 12.3. The van der Waals surface area contributed by atoms with E-state index in [1.165, 1.54) is 199 Å². The summed E-state index contributed by atoms with van der Waals surface area (Å²) in [5, 5.41) is 0. The van der Waals surface area contributed by atoms with E-state index in [0.717, 1.165) is 64.2 Å². The molecule has 0 rings (SSSR count). The van der Waals surface area contributed by atoms with Crippen LogP contribution in [0.5, 0.6) is 0 Å². The Balaban J connectivity index is 4.39. The van der Waals surface area contributed by atoms with Crippen LogP contribution in [0.15, 0.2) is 48.6 Å². The number of carbonyl (C=O) groups excluding carboxylic acids is 3. The number of unbranched alkanes of at least 4 members (excludes halogenated alkanes) is 35. The summed E-state index contributed by atoms with van der Waals surface area (Å²) in [7, 11) is 0. The number of ether oxygens (including phenoxy) is 3. The number of hydrogen-bond acceptors (Lipinski definition) is 6. The minimum atomic E-state index is -0.801. The molecule has 0 amide bonds. The van der Waals surface area contributed by atoms with Gasteiger partial charge in [0.05, 0.1) is 0 Å². The average Bonchev–Trinajstić information content (AvgIpc) is 3.34. The molecule has 0 aliphatic heterocycles. The third-order valence-corrected chi connectivity index (χ3v) is 13.0. The number of allylic oxidation sites excluding steroid dienone is 8. The van der Waals surface area contributed by atoms with Crippen LogP contribution in [0.3, 0.4) is 0 Å². The second kappa shape index (κ2) is 57.0. The minimum absolute atomic E-state index is 0.0942.